The van der Waals surface area contributed by atoms with Gasteiger partial charge in [0.05, 0.1) is 11.4 Å². The van der Waals surface area contributed by atoms with E-state index in [0.29, 0.717) is 22.5 Å². The van der Waals surface area contributed by atoms with E-state index in [2.05, 4.69) is 15.5 Å². The van der Waals surface area contributed by atoms with Gasteiger partial charge in [-0.2, -0.15) is 0 Å². The van der Waals surface area contributed by atoms with Crippen molar-refractivity contribution < 1.29 is 4.79 Å². The number of carbonyl (C=O) groups is 1. The molecule has 3 rings (SSSR count). The van der Waals surface area contributed by atoms with Gasteiger partial charge in [-0.3, -0.25) is 9.36 Å². The first-order valence-electron chi connectivity index (χ1n) is 8.27. The molecule has 0 spiro atoms. The lowest BCUT2D eigenvalue weighted by atomic mass is 10.1. The van der Waals surface area contributed by atoms with Gasteiger partial charge in [0.1, 0.15) is 0 Å². The minimum Gasteiger partial charge on any atom is -0.356 e. The van der Waals surface area contributed by atoms with E-state index in [1.165, 1.54) is 11.8 Å². The minimum atomic E-state index is -0.0233. The second kappa shape index (κ2) is 8.38. The zero-order chi connectivity index (χ0) is 18.5. The molecule has 5 nitrogen and oxygen atoms in total. The average Bonchev–Trinajstić information content (AvgIpc) is 3.05. The number of carbonyl (C=O) groups excluding carboxylic acids is 1. The highest BCUT2D eigenvalue weighted by Crippen LogP contribution is 2.29. The average molecular weight is 387 g/mol. The molecule has 0 saturated heterocycles. The van der Waals surface area contributed by atoms with Crippen LogP contribution in [0.4, 0.5) is 0 Å². The van der Waals surface area contributed by atoms with Gasteiger partial charge >= 0.3 is 0 Å². The van der Waals surface area contributed by atoms with E-state index in [-0.39, 0.29) is 5.91 Å². The lowest BCUT2D eigenvalue weighted by Crippen LogP contribution is -2.24. The fraction of sp³-hybridized carbons (Fsp3) is 0.211. The Kier molecular flexibility index (Phi) is 5.96. The second-order valence-electron chi connectivity index (χ2n) is 5.68. The van der Waals surface area contributed by atoms with Crippen LogP contribution < -0.4 is 5.32 Å². The molecule has 0 aliphatic carbocycles. The van der Waals surface area contributed by atoms with Crippen LogP contribution in [0.5, 0.6) is 0 Å². The number of nitrogens with zero attached hydrogens (tertiary/aromatic N) is 3. The number of thioether (sulfide) groups is 1. The Morgan fingerprint density at radius 1 is 1.15 bits per heavy atom. The topological polar surface area (TPSA) is 59.8 Å². The molecule has 2 aromatic carbocycles. The van der Waals surface area contributed by atoms with Crippen LogP contribution in [-0.4, -0.2) is 33.0 Å². The van der Waals surface area contributed by atoms with Crippen LogP contribution in [0.2, 0.25) is 5.02 Å². The van der Waals surface area contributed by atoms with Crippen molar-refractivity contribution in [1.29, 1.82) is 0 Å². The van der Waals surface area contributed by atoms with E-state index >= 15 is 0 Å². The molecular formula is C19H19ClN4OS. The van der Waals surface area contributed by atoms with Gasteiger partial charge in [0.25, 0.3) is 0 Å². The third-order valence-electron chi connectivity index (χ3n) is 3.80. The van der Waals surface area contributed by atoms with Crippen LogP contribution >= 0.6 is 23.4 Å². The molecule has 3 aromatic rings. The second-order valence-corrected chi connectivity index (χ2v) is 7.06. The SMILES string of the molecule is CCNC(=O)CSc1nnc(-c2ccc(Cl)cc2)n1-c1ccccc1C. The number of benzene rings is 2. The number of halogens is 1. The van der Waals surface area contributed by atoms with Gasteiger partial charge in [-0.25, -0.2) is 0 Å². The molecule has 0 bridgehead atoms. The van der Waals surface area contributed by atoms with Gasteiger partial charge in [-0.15, -0.1) is 10.2 Å². The summed E-state index contributed by atoms with van der Waals surface area (Å²) in [7, 11) is 0. The molecule has 7 heteroatoms. The Hall–Kier alpha value is -2.31. The highest BCUT2D eigenvalue weighted by molar-refractivity contribution is 7.99. The Labute approximate surface area is 161 Å². The zero-order valence-electron chi connectivity index (χ0n) is 14.6. The van der Waals surface area contributed by atoms with Gasteiger partial charge in [0, 0.05) is 17.1 Å². The summed E-state index contributed by atoms with van der Waals surface area (Å²) in [5.74, 6) is 0.984. The minimum absolute atomic E-state index is 0.0233. The molecule has 0 radical (unpaired) electrons. The van der Waals surface area contributed by atoms with Gasteiger partial charge in [0.15, 0.2) is 11.0 Å². The van der Waals surface area contributed by atoms with Crippen molar-refractivity contribution in [2.45, 2.75) is 19.0 Å². The van der Waals surface area contributed by atoms with Crippen LogP contribution in [-0.2, 0) is 4.79 Å². The van der Waals surface area contributed by atoms with Crippen LogP contribution in [0.15, 0.2) is 53.7 Å². The smallest absolute Gasteiger partial charge is 0.230 e. The molecule has 1 amide bonds. The van der Waals surface area contributed by atoms with Gasteiger partial charge in [0.2, 0.25) is 5.91 Å². The van der Waals surface area contributed by atoms with Crippen LogP contribution in [0.25, 0.3) is 17.1 Å². The van der Waals surface area contributed by atoms with E-state index in [1.807, 2.05) is 66.9 Å². The molecule has 0 aliphatic rings. The third-order valence-corrected chi connectivity index (χ3v) is 4.98. The van der Waals surface area contributed by atoms with E-state index < -0.39 is 0 Å². The molecule has 26 heavy (non-hydrogen) atoms. The van der Waals surface area contributed by atoms with Crippen molar-refractivity contribution in [3.8, 4) is 17.1 Å². The van der Waals surface area contributed by atoms with Crippen molar-refractivity contribution in [3.63, 3.8) is 0 Å². The predicted molar refractivity (Wildman–Crippen MR) is 106 cm³/mol. The van der Waals surface area contributed by atoms with E-state index in [0.717, 1.165) is 22.6 Å². The van der Waals surface area contributed by atoms with Crippen molar-refractivity contribution in [1.82, 2.24) is 20.1 Å². The molecule has 134 valence electrons. The van der Waals surface area contributed by atoms with Crippen LogP contribution in [0.1, 0.15) is 12.5 Å². The normalized spacial score (nSPS) is 10.7. The maximum atomic E-state index is 11.8. The molecule has 0 aliphatic heterocycles. The fourth-order valence-electron chi connectivity index (χ4n) is 2.56. The van der Waals surface area contributed by atoms with Crippen LogP contribution in [0, 0.1) is 6.92 Å². The number of aromatic nitrogens is 3. The fourth-order valence-corrected chi connectivity index (χ4v) is 3.46. The Bertz CT molecular complexity index is 908. The highest BCUT2D eigenvalue weighted by Gasteiger charge is 2.18. The lowest BCUT2D eigenvalue weighted by Gasteiger charge is -2.13. The Morgan fingerprint density at radius 2 is 1.88 bits per heavy atom. The third kappa shape index (κ3) is 4.08. The number of hydrogen-bond acceptors (Lipinski definition) is 4. The number of rotatable bonds is 6. The first-order valence-corrected chi connectivity index (χ1v) is 9.63. The molecule has 1 aromatic heterocycles. The van der Waals surface area contributed by atoms with Gasteiger partial charge < -0.3 is 5.32 Å². The quantitative estimate of drug-likeness (QED) is 0.647. The Balaban J connectivity index is 2.04. The van der Waals surface area contributed by atoms with E-state index in [9.17, 15) is 4.79 Å². The maximum absolute atomic E-state index is 11.8. The van der Waals surface area contributed by atoms with Gasteiger partial charge in [-0.1, -0.05) is 41.6 Å². The maximum Gasteiger partial charge on any atom is 0.230 e. The van der Waals surface area contributed by atoms with Gasteiger partial charge in [-0.05, 0) is 49.7 Å². The molecule has 0 atom stereocenters. The summed E-state index contributed by atoms with van der Waals surface area (Å²) in [6.07, 6.45) is 0. The van der Waals surface area contributed by atoms with Crippen molar-refractivity contribution in [2.75, 3.05) is 12.3 Å². The number of amides is 1. The Morgan fingerprint density at radius 3 is 2.58 bits per heavy atom. The number of nitrogens with one attached hydrogen (secondary N) is 1. The lowest BCUT2D eigenvalue weighted by molar-refractivity contribution is -0.118. The first-order chi connectivity index (χ1) is 12.6. The number of aryl methyl sites for hydroxylation is 1. The summed E-state index contributed by atoms with van der Waals surface area (Å²) in [5.41, 5.74) is 3.00. The summed E-state index contributed by atoms with van der Waals surface area (Å²) in [5, 5.41) is 12.8. The van der Waals surface area contributed by atoms with Crippen LogP contribution in [0.3, 0.4) is 0 Å². The first kappa shape index (κ1) is 18.5. The van der Waals surface area contributed by atoms with E-state index in [4.69, 9.17) is 11.6 Å². The van der Waals surface area contributed by atoms with Crippen molar-refractivity contribution in [3.05, 3.63) is 59.1 Å². The largest absolute Gasteiger partial charge is 0.356 e. The summed E-state index contributed by atoms with van der Waals surface area (Å²) in [4.78, 5) is 11.8. The number of hydrogen-bond donors (Lipinski definition) is 1. The summed E-state index contributed by atoms with van der Waals surface area (Å²) in [6, 6.07) is 15.5. The highest BCUT2D eigenvalue weighted by atomic mass is 35.5. The molecule has 0 unspecified atom stereocenters. The summed E-state index contributed by atoms with van der Waals surface area (Å²) in [6.45, 7) is 4.55. The van der Waals surface area contributed by atoms with E-state index in [1.54, 1.807) is 0 Å². The molecule has 0 fully saturated rings. The van der Waals surface area contributed by atoms with Crippen molar-refractivity contribution in [2.24, 2.45) is 0 Å². The molecule has 0 saturated carbocycles. The van der Waals surface area contributed by atoms with Crippen molar-refractivity contribution >= 4 is 29.3 Å². The summed E-state index contributed by atoms with van der Waals surface area (Å²) >= 11 is 7.38. The molecular weight excluding hydrogens is 368 g/mol. The monoisotopic (exact) mass is 386 g/mol. The predicted octanol–water partition coefficient (Wildman–Crippen LogP) is 4.12. The standard InChI is InChI=1S/C19H19ClN4OS/c1-3-21-17(25)12-26-19-23-22-18(14-8-10-15(20)11-9-14)24(19)16-7-5-4-6-13(16)2/h4-11H,3,12H2,1-2H3,(H,21,25). The zero-order valence-corrected chi connectivity index (χ0v) is 16.1. The molecule has 1 N–H and O–H groups in total. The summed E-state index contributed by atoms with van der Waals surface area (Å²) < 4.78 is 1.99. The number of para-hydroxylation sites is 1. The molecule has 1 heterocycles.